The van der Waals surface area contributed by atoms with Crippen LogP contribution in [0.15, 0.2) is 48.7 Å². The predicted octanol–water partition coefficient (Wildman–Crippen LogP) is 4.98. The fourth-order valence-electron chi connectivity index (χ4n) is 4.36. The summed E-state index contributed by atoms with van der Waals surface area (Å²) in [6.07, 6.45) is 3.92. The number of amides is 1. The van der Waals surface area contributed by atoms with E-state index in [1.165, 1.54) is 17.0 Å². The van der Waals surface area contributed by atoms with Crippen molar-refractivity contribution in [2.24, 2.45) is 0 Å². The number of nitrogens with zero attached hydrogens (tertiary/aromatic N) is 1. The zero-order valence-electron chi connectivity index (χ0n) is 18.1. The lowest BCUT2D eigenvalue weighted by atomic mass is 9.88. The van der Waals surface area contributed by atoms with Gasteiger partial charge in [0.2, 0.25) is 5.91 Å². The SMILES string of the molecule is COc1ccc2[nH]cc(C3CCN(C(C)C(=O)Nc4ccccc4OC(F)F)CC3)c2c1. The van der Waals surface area contributed by atoms with Crippen molar-refractivity contribution in [3.05, 3.63) is 54.2 Å². The molecule has 1 aliphatic rings. The van der Waals surface area contributed by atoms with Crippen molar-refractivity contribution < 1.29 is 23.0 Å². The number of carbonyl (C=O) groups excluding carboxylic acids is 1. The highest BCUT2D eigenvalue weighted by atomic mass is 19.3. The topological polar surface area (TPSA) is 66.6 Å². The van der Waals surface area contributed by atoms with Crippen LogP contribution >= 0.6 is 0 Å². The monoisotopic (exact) mass is 443 g/mol. The number of alkyl halides is 2. The fraction of sp³-hybridized carbons (Fsp3) is 0.375. The Labute approximate surface area is 185 Å². The van der Waals surface area contributed by atoms with Gasteiger partial charge in [0.05, 0.1) is 18.8 Å². The zero-order chi connectivity index (χ0) is 22.7. The second-order valence-corrected chi connectivity index (χ2v) is 8.01. The van der Waals surface area contributed by atoms with E-state index < -0.39 is 12.7 Å². The number of benzene rings is 2. The summed E-state index contributed by atoms with van der Waals surface area (Å²) in [7, 11) is 1.66. The quantitative estimate of drug-likeness (QED) is 0.540. The number of hydrogen-bond acceptors (Lipinski definition) is 4. The Bertz CT molecular complexity index is 1080. The molecule has 2 N–H and O–H groups in total. The van der Waals surface area contributed by atoms with Gasteiger partial charge in [-0.3, -0.25) is 9.69 Å². The number of methoxy groups -OCH3 is 1. The van der Waals surface area contributed by atoms with E-state index in [0.717, 1.165) is 37.2 Å². The van der Waals surface area contributed by atoms with Crippen LogP contribution in [0.25, 0.3) is 10.9 Å². The van der Waals surface area contributed by atoms with E-state index in [0.29, 0.717) is 5.92 Å². The Kier molecular flexibility index (Phi) is 6.60. The number of rotatable bonds is 7. The molecule has 0 bridgehead atoms. The second kappa shape index (κ2) is 9.56. The van der Waals surface area contributed by atoms with Gasteiger partial charge in [0.1, 0.15) is 11.5 Å². The summed E-state index contributed by atoms with van der Waals surface area (Å²) < 4.78 is 35.1. The van der Waals surface area contributed by atoms with Gasteiger partial charge in [-0.2, -0.15) is 8.78 Å². The first-order chi connectivity index (χ1) is 15.5. The molecule has 0 radical (unpaired) electrons. The highest BCUT2D eigenvalue weighted by Crippen LogP contribution is 2.35. The zero-order valence-corrected chi connectivity index (χ0v) is 18.1. The molecule has 2 heterocycles. The molecule has 3 aromatic rings. The molecule has 1 aromatic heterocycles. The van der Waals surface area contributed by atoms with Gasteiger partial charge >= 0.3 is 6.61 Å². The summed E-state index contributed by atoms with van der Waals surface area (Å²) in [5.74, 6) is 0.932. The van der Waals surface area contributed by atoms with Crippen LogP contribution in [0.5, 0.6) is 11.5 Å². The minimum absolute atomic E-state index is 0.0449. The highest BCUT2D eigenvalue weighted by Gasteiger charge is 2.29. The summed E-state index contributed by atoms with van der Waals surface area (Å²) >= 11 is 0. The highest BCUT2D eigenvalue weighted by molar-refractivity contribution is 5.95. The molecule has 0 spiro atoms. The van der Waals surface area contributed by atoms with Gasteiger partial charge in [-0.05, 0) is 74.7 Å². The summed E-state index contributed by atoms with van der Waals surface area (Å²) in [6, 6.07) is 11.8. The molecule has 170 valence electrons. The van der Waals surface area contributed by atoms with Crippen molar-refractivity contribution in [2.45, 2.75) is 38.3 Å². The van der Waals surface area contributed by atoms with E-state index in [1.807, 2.05) is 19.1 Å². The Morgan fingerprint density at radius 1 is 1.19 bits per heavy atom. The molecular weight excluding hydrogens is 416 g/mol. The van der Waals surface area contributed by atoms with Gasteiger partial charge in [0, 0.05) is 17.1 Å². The molecule has 1 unspecified atom stereocenters. The van der Waals surface area contributed by atoms with Crippen LogP contribution in [0.1, 0.15) is 31.2 Å². The van der Waals surface area contributed by atoms with E-state index >= 15 is 0 Å². The lowest BCUT2D eigenvalue weighted by Gasteiger charge is -2.35. The van der Waals surface area contributed by atoms with E-state index in [2.05, 4.69) is 32.2 Å². The number of anilines is 1. The molecule has 1 saturated heterocycles. The van der Waals surface area contributed by atoms with Crippen molar-refractivity contribution in [3.63, 3.8) is 0 Å². The van der Waals surface area contributed by atoms with Crippen molar-refractivity contribution in [1.29, 1.82) is 0 Å². The molecule has 0 aliphatic carbocycles. The Morgan fingerprint density at radius 2 is 1.94 bits per heavy atom. The fourth-order valence-corrected chi connectivity index (χ4v) is 4.36. The number of piperidine rings is 1. The van der Waals surface area contributed by atoms with Crippen molar-refractivity contribution >= 4 is 22.5 Å². The van der Waals surface area contributed by atoms with Gasteiger partial charge in [-0.1, -0.05) is 12.1 Å². The minimum Gasteiger partial charge on any atom is -0.497 e. The van der Waals surface area contributed by atoms with Crippen molar-refractivity contribution in [2.75, 3.05) is 25.5 Å². The van der Waals surface area contributed by atoms with Gasteiger partial charge < -0.3 is 19.8 Å². The number of halogens is 2. The van der Waals surface area contributed by atoms with Crippen LogP contribution in [0, 0.1) is 0 Å². The summed E-state index contributed by atoms with van der Waals surface area (Å²) in [5.41, 5.74) is 2.60. The molecule has 1 atom stereocenters. The smallest absolute Gasteiger partial charge is 0.387 e. The standard InChI is InChI=1S/C24H27F2N3O3/c1-15(23(30)28-21-5-3-4-6-22(21)32-24(25)26)29-11-9-16(10-12-29)19-14-27-20-8-7-17(31-2)13-18(19)20/h3-8,13-16,24,27H,9-12H2,1-2H3,(H,28,30). The van der Waals surface area contributed by atoms with Crippen LogP contribution in [-0.4, -0.2) is 48.6 Å². The van der Waals surface area contributed by atoms with Crippen molar-refractivity contribution in [1.82, 2.24) is 9.88 Å². The molecule has 1 amide bonds. The molecular formula is C24H27F2N3O3. The summed E-state index contributed by atoms with van der Waals surface area (Å²) in [5, 5.41) is 3.90. The number of likely N-dealkylation sites (tertiary alicyclic amines) is 1. The predicted molar refractivity (Wildman–Crippen MR) is 120 cm³/mol. The van der Waals surface area contributed by atoms with Gasteiger partial charge in [0.25, 0.3) is 0 Å². The third-order valence-corrected chi connectivity index (χ3v) is 6.18. The lowest BCUT2D eigenvalue weighted by Crippen LogP contribution is -2.45. The lowest BCUT2D eigenvalue weighted by molar-refractivity contribution is -0.121. The van der Waals surface area contributed by atoms with E-state index in [1.54, 1.807) is 25.3 Å². The molecule has 6 nitrogen and oxygen atoms in total. The number of fused-ring (bicyclic) bond motifs is 1. The molecule has 4 rings (SSSR count). The maximum absolute atomic E-state index is 12.8. The van der Waals surface area contributed by atoms with Gasteiger partial charge in [-0.15, -0.1) is 0 Å². The maximum atomic E-state index is 12.8. The van der Waals surface area contributed by atoms with Gasteiger partial charge in [0.15, 0.2) is 0 Å². The summed E-state index contributed by atoms with van der Waals surface area (Å²) in [4.78, 5) is 18.2. The third-order valence-electron chi connectivity index (χ3n) is 6.18. The number of nitrogens with one attached hydrogen (secondary N) is 2. The minimum atomic E-state index is -2.95. The average Bonchev–Trinajstić information content (AvgIpc) is 3.22. The van der Waals surface area contributed by atoms with Crippen molar-refractivity contribution in [3.8, 4) is 11.5 Å². The maximum Gasteiger partial charge on any atom is 0.387 e. The second-order valence-electron chi connectivity index (χ2n) is 8.01. The molecule has 32 heavy (non-hydrogen) atoms. The Morgan fingerprint density at radius 3 is 2.66 bits per heavy atom. The number of aromatic amines is 1. The molecule has 1 fully saturated rings. The number of ether oxygens (including phenoxy) is 2. The van der Waals surface area contributed by atoms with E-state index in [9.17, 15) is 13.6 Å². The first-order valence-corrected chi connectivity index (χ1v) is 10.7. The molecule has 2 aromatic carbocycles. The summed E-state index contributed by atoms with van der Waals surface area (Å²) in [6.45, 7) is 0.424. The van der Waals surface area contributed by atoms with Gasteiger partial charge in [-0.25, -0.2) is 0 Å². The molecule has 8 heteroatoms. The molecule has 1 aliphatic heterocycles. The number of para-hydroxylation sites is 2. The van der Waals surface area contributed by atoms with Crippen LogP contribution in [0.2, 0.25) is 0 Å². The van der Waals surface area contributed by atoms with E-state index in [-0.39, 0.29) is 17.3 Å². The number of H-pyrrole nitrogens is 1. The third kappa shape index (κ3) is 4.70. The van der Waals surface area contributed by atoms with Crippen LogP contribution in [0.4, 0.5) is 14.5 Å². The average molecular weight is 443 g/mol. The first-order valence-electron chi connectivity index (χ1n) is 10.7. The first kappa shape index (κ1) is 22.1. The number of carbonyl (C=O) groups is 1. The number of aromatic nitrogens is 1. The van der Waals surface area contributed by atoms with Crippen LogP contribution < -0.4 is 14.8 Å². The molecule has 0 saturated carbocycles. The Hall–Kier alpha value is -3.13. The van der Waals surface area contributed by atoms with Crippen LogP contribution in [0.3, 0.4) is 0 Å². The Balaban J connectivity index is 1.39. The largest absolute Gasteiger partial charge is 0.497 e. The van der Waals surface area contributed by atoms with E-state index in [4.69, 9.17) is 4.74 Å². The number of hydrogen-bond donors (Lipinski definition) is 2. The van der Waals surface area contributed by atoms with Crippen LogP contribution in [-0.2, 0) is 4.79 Å². The normalized spacial score (nSPS) is 16.3.